The highest BCUT2D eigenvalue weighted by Crippen LogP contribution is 2.45. The highest BCUT2D eigenvalue weighted by molar-refractivity contribution is 5.88. The molecule has 0 bridgehead atoms. The van der Waals surface area contributed by atoms with Crippen LogP contribution >= 0.6 is 0 Å². The zero-order valence-corrected chi connectivity index (χ0v) is 35.5. The SMILES string of the molecule is COc1cc([C@@H]2Oc3cc(-c4oc5cc(O)cc(O)c5c(=O)c4O)ccc3O[C@H]2CO[C@@H]2O[C@H](CO)[C@@H](O[C@H]3O[C@H](CO)[C@@H](O[C@H]4O[C@H](CO)[C@@H](O)[C@H](O)[C@H]4O)[C@H](O)[C@H]3O)[C@H](O)[C@H]2O)ccc1O. The van der Waals surface area contributed by atoms with Gasteiger partial charge in [-0.2, -0.15) is 0 Å². The molecule has 14 N–H and O–H groups in total. The second-order valence-electron chi connectivity index (χ2n) is 16.4. The lowest BCUT2D eigenvalue weighted by Gasteiger charge is -2.48. The maximum atomic E-state index is 13.1. The largest absolute Gasteiger partial charge is 0.508 e. The monoisotopic (exact) mass is 966 g/mol. The highest BCUT2D eigenvalue weighted by Gasteiger charge is 2.54. The maximum absolute atomic E-state index is 13.1. The van der Waals surface area contributed by atoms with Crippen LogP contribution in [0.4, 0.5) is 0 Å². The van der Waals surface area contributed by atoms with Gasteiger partial charge in [0.2, 0.25) is 11.2 Å². The first-order valence-corrected chi connectivity index (χ1v) is 21.0. The minimum Gasteiger partial charge on any atom is -0.508 e. The molecular weight excluding hydrogens is 916 g/mol. The van der Waals surface area contributed by atoms with Gasteiger partial charge in [-0.05, 0) is 30.3 Å². The Morgan fingerprint density at radius 3 is 1.82 bits per heavy atom. The number of benzene rings is 3. The molecule has 0 spiro atoms. The summed E-state index contributed by atoms with van der Waals surface area (Å²) in [6.45, 7) is -3.05. The number of fused-ring (bicyclic) bond motifs is 2. The van der Waals surface area contributed by atoms with E-state index >= 15 is 0 Å². The number of phenolic OH excluding ortho intramolecular Hbond substituents is 3. The quantitative estimate of drug-likeness (QED) is 0.0622. The van der Waals surface area contributed by atoms with Gasteiger partial charge in [0.15, 0.2) is 59.8 Å². The molecular formula is C43H50O25. The van der Waals surface area contributed by atoms with Crippen molar-refractivity contribution in [3.8, 4) is 51.6 Å². The molecule has 0 aliphatic carbocycles. The van der Waals surface area contributed by atoms with E-state index in [0.29, 0.717) is 5.56 Å². The number of hydrogen-bond donors (Lipinski definition) is 14. The van der Waals surface area contributed by atoms with E-state index in [1.807, 2.05) is 0 Å². The summed E-state index contributed by atoms with van der Waals surface area (Å²) in [7, 11) is 1.32. The van der Waals surface area contributed by atoms with Crippen molar-refractivity contribution in [3.63, 3.8) is 0 Å². The van der Waals surface area contributed by atoms with Gasteiger partial charge >= 0.3 is 0 Å². The third kappa shape index (κ3) is 9.20. The number of methoxy groups -OCH3 is 1. The van der Waals surface area contributed by atoms with Gasteiger partial charge in [0, 0.05) is 23.3 Å². The van der Waals surface area contributed by atoms with Gasteiger partial charge in [0.25, 0.3) is 0 Å². The summed E-state index contributed by atoms with van der Waals surface area (Å²) in [6.07, 6.45) is -28.9. The van der Waals surface area contributed by atoms with Gasteiger partial charge in [-0.3, -0.25) is 4.79 Å². The number of ether oxygens (including phenoxy) is 9. The summed E-state index contributed by atoms with van der Waals surface area (Å²) in [5.74, 6) is -2.24. The first-order chi connectivity index (χ1) is 32.5. The van der Waals surface area contributed by atoms with Gasteiger partial charge in [-0.25, -0.2) is 0 Å². The Bertz CT molecular complexity index is 2460. The Labute approximate surface area is 382 Å². The van der Waals surface area contributed by atoms with Crippen molar-refractivity contribution in [3.05, 3.63) is 64.3 Å². The van der Waals surface area contributed by atoms with Crippen LogP contribution in [-0.4, -0.2) is 203 Å². The predicted molar refractivity (Wildman–Crippen MR) is 220 cm³/mol. The van der Waals surface area contributed by atoms with Crippen molar-refractivity contribution < 1.29 is 119 Å². The van der Waals surface area contributed by atoms with Crippen molar-refractivity contribution in [1.29, 1.82) is 0 Å². The molecule has 25 nitrogen and oxygen atoms in total. The highest BCUT2D eigenvalue weighted by atomic mass is 16.8. The smallest absolute Gasteiger partial charge is 0.238 e. The molecule has 5 heterocycles. The van der Waals surface area contributed by atoms with Crippen LogP contribution in [0.15, 0.2) is 57.7 Å². The average Bonchev–Trinajstić information content (AvgIpc) is 3.32. The molecule has 0 saturated carbocycles. The van der Waals surface area contributed by atoms with Crippen LogP contribution in [-0.2, 0) is 28.4 Å². The lowest BCUT2D eigenvalue weighted by atomic mass is 9.96. The lowest BCUT2D eigenvalue weighted by Crippen LogP contribution is -2.66. The Balaban J connectivity index is 0.981. The van der Waals surface area contributed by atoms with Crippen molar-refractivity contribution in [1.82, 2.24) is 0 Å². The molecule has 372 valence electrons. The fourth-order valence-corrected chi connectivity index (χ4v) is 8.39. The summed E-state index contributed by atoms with van der Waals surface area (Å²) in [4.78, 5) is 13.1. The summed E-state index contributed by atoms with van der Waals surface area (Å²) in [6, 6.07) is 10.5. The van der Waals surface area contributed by atoms with E-state index in [1.165, 1.54) is 43.5 Å². The molecule has 25 heteroatoms. The number of aliphatic hydroxyl groups excluding tert-OH is 10. The van der Waals surface area contributed by atoms with E-state index in [2.05, 4.69) is 0 Å². The van der Waals surface area contributed by atoms with Gasteiger partial charge in [0.05, 0.1) is 33.5 Å². The molecule has 8 rings (SSSR count). The van der Waals surface area contributed by atoms with Crippen LogP contribution in [0.3, 0.4) is 0 Å². The Morgan fingerprint density at radius 2 is 1.19 bits per heavy atom. The molecule has 0 radical (unpaired) electrons. The van der Waals surface area contributed by atoms with Crippen LogP contribution in [0.2, 0.25) is 0 Å². The van der Waals surface area contributed by atoms with E-state index in [9.17, 15) is 76.3 Å². The topological polar surface area (TPSA) is 397 Å². The molecule has 3 saturated heterocycles. The first-order valence-electron chi connectivity index (χ1n) is 21.0. The van der Waals surface area contributed by atoms with Gasteiger partial charge < -0.3 is 119 Å². The molecule has 3 fully saturated rings. The molecule has 4 aliphatic rings. The molecule has 3 aromatic carbocycles. The van der Waals surface area contributed by atoms with Crippen molar-refractivity contribution in [2.24, 2.45) is 0 Å². The molecule has 0 amide bonds. The normalized spacial score (nSPS) is 35.0. The van der Waals surface area contributed by atoms with Crippen LogP contribution in [0, 0.1) is 0 Å². The van der Waals surface area contributed by atoms with E-state index in [4.69, 9.17) is 47.0 Å². The number of aromatic hydroxyl groups is 4. The number of rotatable bonds is 13. The third-order valence-corrected chi connectivity index (χ3v) is 12.0. The average molecular weight is 967 g/mol. The van der Waals surface area contributed by atoms with Gasteiger partial charge in [-0.1, -0.05) is 6.07 Å². The number of phenols is 3. The summed E-state index contributed by atoms with van der Waals surface area (Å²) >= 11 is 0. The fraction of sp³-hybridized carbons (Fsp3) is 0.512. The molecule has 4 aliphatic heterocycles. The summed E-state index contributed by atoms with van der Waals surface area (Å²) < 4.78 is 57.8. The minimum absolute atomic E-state index is 0.0485. The van der Waals surface area contributed by atoms with Gasteiger partial charge in [0.1, 0.15) is 95.7 Å². The predicted octanol–water partition coefficient (Wildman–Crippen LogP) is -3.36. The third-order valence-electron chi connectivity index (χ3n) is 12.0. The summed E-state index contributed by atoms with van der Waals surface area (Å²) in [5, 5.41) is 147. The molecule has 1 aromatic heterocycles. The van der Waals surface area contributed by atoms with E-state index in [1.54, 1.807) is 0 Å². The second-order valence-corrected chi connectivity index (χ2v) is 16.4. The van der Waals surface area contributed by atoms with Crippen LogP contribution in [0.1, 0.15) is 11.7 Å². The second kappa shape index (κ2) is 20.0. The van der Waals surface area contributed by atoms with Crippen LogP contribution < -0.4 is 19.6 Å². The minimum atomic E-state index is -2.04. The zero-order valence-electron chi connectivity index (χ0n) is 35.5. The zero-order chi connectivity index (χ0) is 48.9. The Hall–Kier alpha value is -5.17. The van der Waals surface area contributed by atoms with E-state index in [0.717, 1.165) is 12.1 Å². The standard InChI is InChI=1S/C43H50O25/c1-59-20-6-14(2-4-17(20)48)37-26(61-19-5-3-15(7-21(19)62-37)38-31(53)29(51)27-18(49)8-16(47)9-22(27)63-38)13-60-41-35(57)32(54)39(24(11-45)65-41)68-43-36(58)33(55)40(25(12-46)66-43)67-42-34(56)30(52)28(50)23(10-44)64-42/h2-9,23-26,28,30,32-37,39-50,52-58H,10-13H2,1H3/t23-,24-,25-,26+,28-,30+,32-,33-,34-,35-,36-,37+,39-,40-,41-,42-,43-/m1/s1. The molecule has 4 aromatic rings. The Kier molecular flexibility index (Phi) is 14.5. The Morgan fingerprint density at radius 1 is 0.588 bits per heavy atom. The summed E-state index contributed by atoms with van der Waals surface area (Å²) in [5.41, 5.74) is -0.747. The van der Waals surface area contributed by atoms with Crippen LogP contribution in [0.5, 0.6) is 40.2 Å². The number of aliphatic hydroxyl groups is 10. The lowest BCUT2D eigenvalue weighted by molar-refractivity contribution is -0.379. The molecule has 0 unspecified atom stereocenters. The van der Waals surface area contributed by atoms with Crippen molar-refractivity contribution in [2.75, 3.05) is 33.5 Å². The van der Waals surface area contributed by atoms with Crippen molar-refractivity contribution >= 4 is 11.0 Å². The molecule has 68 heavy (non-hydrogen) atoms. The fourth-order valence-electron chi connectivity index (χ4n) is 8.39. The van der Waals surface area contributed by atoms with Gasteiger partial charge in [-0.15, -0.1) is 0 Å². The van der Waals surface area contributed by atoms with Crippen molar-refractivity contribution in [2.45, 2.75) is 104 Å². The van der Waals surface area contributed by atoms with E-state index in [-0.39, 0.29) is 45.3 Å². The molecule has 17 atom stereocenters. The maximum Gasteiger partial charge on any atom is 0.238 e. The van der Waals surface area contributed by atoms with E-state index < -0.39 is 153 Å². The first kappa shape index (κ1) is 49.3. The van der Waals surface area contributed by atoms with Crippen LogP contribution in [0.25, 0.3) is 22.3 Å². The number of hydrogen-bond acceptors (Lipinski definition) is 25.